The van der Waals surface area contributed by atoms with E-state index < -0.39 is 0 Å². The lowest BCUT2D eigenvalue weighted by Gasteiger charge is -2.13. The van der Waals surface area contributed by atoms with Gasteiger partial charge in [-0.3, -0.25) is 0 Å². The molecule has 0 amide bonds. The molecule has 0 bridgehead atoms. The third kappa shape index (κ3) is 3.02. The van der Waals surface area contributed by atoms with E-state index in [0.717, 1.165) is 37.5 Å². The van der Waals surface area contributed by atoms with Gasteiger partial charge < -0.3 is 10.4 Å². The molecule has 7 heteroatoms. The summed E-state index contributed by atoms with van der Waals surface area (Å²) in [7, 11) is 0. The van der Waals surface area contributed by atoms with Crippen molar-refractivity contribution >= 4 is 11.8 Å². The summed E-state index contributed by atoms with van der Waals surface area (Å²) in [4.78, 5) is 0. The van der Waals surface area contributed by atoms with Gasteiger partial charge in [0.15, 0.2) is 0 Å². The fraction of sp³-hybridized carbons (Fsp3) is 0.909. The van der Waals surface area contributed by atoms with Crippen LogP contribution in [-0.2, 0) is 6.54 Å². The van der Waals surface area contributed by atoms with Crippen LogP contribution in [0.3, 0.4) is 0 Å². The van der Waals surface area contributed by atoms with E-state index >= 15 is 0 Å². The second-order valence-corrected chi connectivity index (χ2v) is 6.27. The summed E-state index contributed by atoms with van der Waals surface area (Å²) in [5.41, 5.74) is 0. The summed E-state index contributed by atoms with van der Waals surface area (Å²) in [5.74, 6) is 0. The number of hydrogen-bond donors (Lipinski definition) is 2. The van der Waals surface area contributed by atoms with Gasteiger partial charge in [-0.2, -0.15) is 0 Å². The molecular formula is C11H19N5OS. The average molecular weight is 269 g/mol. The molecule has 2 atom stereocenters. The van der Waals surface area contributed by atoms with Crippen LogP contribution in [0.25, 0.3) is 0 Å². The van der Waals surface area contributed by atoms with Crippen molar-refractivity contribution in [3.63, 3.8) is 0 Å². The van der Waals surface area contributed by atoms with Gasteiger partial charge in [0.05, 0.1) is 12.6 Å². The molecule has 0 radical (unpaired) electrons. The van der Waals surface area contributed by atoms with Crippen LogP contribution >= 0.6 is 11.8 Å². The van der Waals surface area contributed by atoms with Crippen molar-refractivity contribution in [2.24, 2.45) is 0 Å². The van der Waals surface area contributed by atoms with Gasteiger partial charge in [0.1, 0.15) is 0 Å². The predicted octanol–water partition coefficient (Wildman–Crippen LogP) is 0.431. The molecule has 2 unspecified atom stereocenters. The molecule has 2 aliphatic rings. The maximum absolute atomic E-state index is 9.82. The SMILES string of the molecule is OC1CCCC1Sc1nnnn1CCNC1CC1. The highest BCUT2D eigenvalue weighted by molar-refractivity contribution is 7.99. The normalized spacial score (nSPS) is 27.8. The minimum Gasteiger partial charge on any atom is -0.392 e. The topological polar surface area (TPSA) is 75.9 Å². The molecule has 0 aromatic carbocycles. The Morgan fingerprint density at radius 1 is 1.33 bits per heavy atom. The first-order valence-corrected chi connectivity index (χ1v) is 7.55. The number of hydrogen-bond acceptors (Lipinski definition) is 6. The lowest BCUT2D eigenvalue weighted by molar-refractivity contribution is 0.188. The molecule has 3 rings (SSSR count). The van der Waals surface area contributed by atoms with E-state index in [4.69, 9.17) is 0 Å². The van der Waals surface area contributed by atoms with Crippen molar-refractivity contribution in [3.05, 3.63) is 0 Å². The third-order valence-electron chi connectivity index (χ3n) is 3.51. The number of aliphatic hydroxyl groups is 1. The van der Waals surface area contributed by atoms with Crippen LogP contribution in [0.5, 0.6) is 0 Å². The summed E-state index contributed by atoms with van der Waals surface area (Å²) < 4.78 is 1.84. The van der Waals surface area contributed by atoms with Crippen molar-refractivity contribution in [1.29, 1.82) is 0 Å². The predicted molar refractivity (Wildman–Crippen MR) is 68.3 cm³/mol. The lowest BCUT2D eigenvalue weighted by atomic mass is 10.3. The van der Waals surface area contributed by atoms with Gasteiger partial charge in [-0.15, -0.1) is 5.10 Å². The van der Waals surface area contributed by atoms with E-state index in [-0.39, 0.29) is 11.4 Å². The molecule has 1 aromatic heterocycles. The summed E-state index contributed by atoms with van der Waals surface area (Å²) in [6.07, 6.45) is 5.45. The van der Waals surface area contributed by atoms with E-state index in [1.54, 1.807) is 11.8 Å². The quantitative estimate of drug-likeness (QED) is 0.780. The van der Waals surface area contributed by atoms with Crippen LogP contribution in [0.1, 0.15) is 32.1 Å². The smallest absolute Gasteiger partial charge is 0.209 e. The maximum Gasteiger partial charge on any atom is 0.209 e. The van der Waals surface area contributed by atoms with E-state index in [1.807, 2.05) is 4.68 Å². The highest BCUT2D eigenvalue weighted by atomic mass is 32.2. The molecular weight excluding hydrogens is 250 g/mol. The van der Waals surface area contributed by atoms with Crippen LogP contribution in [-0.4, -0.2) is 49.3 Å². The van der Waals surface area contributed by atoms with Gasteiger partial charge in [0.25, 0.3) is 0 Å². The fourth-order valence-corrected chi connectivity index (χ4v) is 3.44. The molecule has 1 heterocycles. The Morgan fingerprint density at radius 3 is 2.94 bits per heavy atom. The second-order valence-electron chi connectivity index (χ2n) is 5.07. The van der Waals surface area contributed by atoms with Crippen molar-refractivity contribution in [3.8, 4) is 0 Å². The molecule has 2 fully saturated rings. The van der Waals surface area contributed by atoms with Gasteiger partial charge in [-0.1, -0.05) is 11.8 Å². The molecule has 2 N–H and O–H groups in total. The fourth-order valence-electron chi connectivity index (χ4n) is 2.26. The Kier molecular flexibility index (Phi) is 3.81. The van der Waals surface area contributed by atoms with Crippen LogP contribution in [0, 0.1) is 0 Å². The van der Waals surface area contributed by atoms with E-state index in [1.165, 1.54) is 12.8 Å². The van der Waals surface area contributed by atoms with Gasteiger partial charge in [-0.25, -0.2) is 4.68 Å². The summed E-state index contributed by atoms with van der Waals surface area (Å²) in [6.45, 7) is 1.71. The van der Waals surface area contributed by atoms with Gasteiger partial charge in [-0.05, 0) is 42.5 Å². The van der Waals surface area contributed by atoms with Gasteiger partial charge in [0, 0.05) is 17.8 Å². The first-order chi connectivity index (χ1) is 8.83. The zero-order valence-corrected chi connectivity index (χ0v) is 11.1. The molecule has 100 valence electrons. The van der Waals surface area contributed by atoms with Crippen LogP contribution in [0.2, 0.25) is 0 Å². The molecule has 0 spiro atoms. The number of thioether (sulfide) groups is 1. The van der Waals surface area contributed by atoms with Gasteiger partial charge in [0.2, 0.25) is 5.16 Å². The molecule has 18 heavy (non-hydrogen) atoms. The van der Waals surface area contributed by atoms with E-state index in [0.29, 0.717) is 6.04 Å². The highest BCUT2D eigenvalue weighted by Gasteiger charge is 2.28. The van der Waals surface area contributed by atoms with Gasteiger partial charge >= 0.3 is 0 Å². The molecule has 0 saturated heterocycles. The number of nitrogens with zero attached hydrogens (tertiary/aromatic N) is 4. The Bertz CT molecular complexity index is 395. The summed E-state index contributed by atoms with van der Waals surface area (Å²) in [6, 6.07) is 0.717. The van der Waals surface area contributed by atoms with E-state index in [2.05, 4.69) is 20.8 Å². The maximum atomic E-state index is 9.82. The molecule has 2 saturated carbocycles. The Balaban J connectivity index is 1.52. The Morgan fingerprint density at radius 2 is 2.22 bits per heavy atom. The Labute approximate surface area is 111 Å². The van der Waals surface area contributed by atoms with Crippen LogP contribution in [0.15, 0.2) is 5.16 Å². The first kappa shape index (κ1) is 12.4. The summed E-state index contributed by atoms with van der Waals surface area (Å²) >= 11 is 1.62. The van der Waals surface area contributed by atoms with Crippen molar-refractivity contribution in [2.45, 2.75) is 61.2 Å². The molecule has 2 aliphatic carbocycles. The number of aromatic nitrogens is 4. The second kappa shape index (κ2) is 5.54. The standard InChI is InChI=1S/C11H19N5OS/c17-9-2-1-3-10(9)18-11-13-14-15-16(11)7-6-12-8-4-5-8/h8-10,12,17H,1-7H2. The average Bonchev–Trinajstić information content (AvgIpc) is 2.94. The zero-order chi connectivity index (χ0) is 12.4. The number of tetrazole rings is 1. The largest absolute Gasteiger partial charge is 0.392 e. The van der Waals surface area contributed by atoms with E-state index in [9.17, 15) is 5.11 Å². The highest BCUT2D eigenvalue weighted by Crippen LogP contribution is 2.33. The first-order valence-electron chi connectivity index (χ1n) is 6.67. The molecule has 1 aromatic rings. The Hall–Kier alpha value is -0.660. The van der Waals surface area contributed by atoms with Crippen molar-refractivity contribution in [1.82, 2.24) is 25.5 Å². The minimum atomic E-state index is -0.204. The minimum absolute atomic E-state index is 0.204. The molecule has 0 aliphatic heterocycles. The monoisotopic (exact) mass is 269 g/mol. The third-order valence-corrected chi connectivity index (χ3v) is 4.86. The number of rotatable bonds is 6. The summed E-state index contributed by atoms with van der Waals surface area (Å²) in [5, 5.41) is 26.2. The number of nitrogens with one attached hydrogen (secondary N) is 1. The van der Waals surface area contributed by atoms with Crippen LogP contribution < -0.4 is 5.32 Å². The lowest BCUT2D eigenvalue weighted by Crippen LogP contribution is -2.23. The molecule has 6 nitrogen and oxygen atoms in total. The van der Waals surface area contributed by atoms with Crippen molar-refractivity contribution in [2.75, 3.05) is 6.54 Å². The van der Waals surface area contributed by atoms with Crippen molar-refractivity contribution < 1.29 is 5.11 Å². The van der Waals surface area contributed by atoms with Crippen LogP contribution in [0.4, 0.5) is 0 Å². The number of aliphatic hydroxyl groups excluding tert-OH is 1. The zero-order valence-electron chi connectivity index (χ0n) is 10.3.